The van der Waals surface area contributed by atoms with Gasteiger partial charge in [0.1, 0.15) is 23.7 Å². The highest BCUT2D eigenvalue weighted by Gasteiger charge is 2.11. The molecule has 0 unspecified atom stereocenters. The van der Waals surface area contributed by atoms with E-state index in [2.05, 4.69) is 20.3 Å². The van der Waals surface area contributed by atoms with Gasteiger partial charge in [0.25, 0.3) is 5.91 Å². The number of aromatic nitrogens is 4. The van der Waals surface area contributed by atoms with Gasteiger partial charge in [0.15, 0.2) is 5.76 Å². The van der Waals surface area contributed by atoms with Crippen LogP contribution in [0.25, 0.3) is 5.82 Å². The Balaban J connectivity index is 1.50. The van der Waals surface area contributed by atoms with E-state index in [9.17, 15) is 4.79 Å². The van der Waals surface area contributed by atoms with Gasteiger partial charge in [0.05, 0.1) is 12.0 Å². The zero-order valence-corrected chi connectivity index (χ0v) is 16.2. The molecule has 0 aliphatic heterocycles. The van der Waals surface area contributed by atoms with E-state index in [0.29, 0.717) is 29.0 Å². The van der Waals surface area contributed by atoms with Crippen LogP contribution in [0.1, 0.15) is 27.8 Å². The number of aryl methyl sites for hydroxylation is 2. The molecule has 0 bridgehead atoms. The quantitative estimate of drug-likeness (QED) is 0.549. The maximum absolute atomic E-state index is 12.0. The van der Waals surface area contributed by atoms with Crippen molar-refractivity contribution in [2.24, 2.45) is 0 Å². The van der Waals surface area contributed by atoms with Crippen LogP contribution in [-0.2, 0) is 0 Å². The second-order valence-corrected chi connectivity index (χ2v) is 6.45. The summed E-state index contributed by atoms with van der Waals surface area (Å²) in [5.74, 6) is 2.22. The van der Waals surface area contributed by atoms with E-state index in [0.717, 1.165) is 11.4 Å². The molecule has 1 aromatic carbocycles. The highest BCUT2D eigenvalue weighted by atomic mass is 16.5. The molecule has 0 saturated heterocycles. The molecule has 8 heteroatoms. The van der Waals surface area contributed by atoms with Crippen molar-refractivity contribution >= 4 is 11.6 Å². The summed E-state index contributed by atoms with van der Waals surface area (Å²) in [6.07, 6.45) is 3.18. The molecule has 0 spiro atoms. The van der Waals surface area contributed by atoms with E-state index in [1.165, 1.54) is 6.26 Å². The minimum Gasteiger partial charge on any atom is -0.459 e. The van der Waals surface area contributed by atoms with E-state index in [1.807, 2.05) is 25.3 Å². The average Bonchev–Trinajstić information content (AvgIpc) is 3.34. The van der Waals surface area contributed by atoms with E-state index in [4.69, 9.17) is 9.15 Å². The molecule has 146 valence electrons. The number of nitrogens with zero attached hydrogens (tertiary/aromatic N) is 4. The van der Waals surface area contributed by atoms with E-state index in [-0.39, 0.29) is 11.7 Å². The fraction of sp³-hybridized carbons (Fsp3) is 0.143. The average molecular weight is 389 g/mol. The van der Waals surface area contributed by atoms with Gasteiger partial charge in [-0.2, -0.15) is 4.98 Å². The number of nitrogens with one attached hydrogen (secondary N) is 1. The van der Waals surface area contributed by atoms with E-state index < -0.39 is 0 Å². The number of anilines is 1. The molecule has 4 aromatic rings. The third kappa shape index (κ3) is 4.01. The van der Waals surface area contributed by atoms with E-state index >= 15 is 0 Å². The monoisotopic (exact) mass is 389 g/mol. The van der Waals surface area contributed by atoms with Crippen LogP contribution in [-0.4, -0.2) is 25.4 Å². The third-order valence-corrected chi connectivity index (χ3v) is 4.38. The largest absolute Gasteiger partial charge is 0.459 e. The van der Waals surface area contributed by atoms with Crippen LogP contribution in [0.5, 0.6) is 11.6 Å². The van der Waals surface area contributed by atoms with E-state index in [1.54, 1.807) is 48.8 Å². The lowest BCUT2D eigenvalue weighted by molar-refractivity contribution is 0.0996. The molecule has 1 amide bonds. The maximum Gasteiger partial charge on any atom is 0.291 e. The molecule has 0 radical (unpaired) electrons. The van der Waals surface area contributed by atoms with Gasteiger partial charge in [0, 0.05) is 17.4 Å². The van der Waals surface area contributed by atoms with Crippen molar-refractivity contribution in [3.63, 3.8) is 0 Å². The third-order valence-electron chi connectivity index (χ3n) is 4.38. The smallest absolute Gasteiger partial charge is 0.291 e. The second kappa shape index (κ2) is 7.59. The van der Waals surface area contributed by atoms with Gasteiger partial charge in [-0.05, 0) is 57.2 Å². The molecule has 3 aromatic heterocycles. The summed E-state index contributed by atoms with van der Waals surface area (Å²) in [6.45, 7) is 5.74. The molecule has 0 aliphatic carbocycles. The maximum atomic E-state index is 12.0. The first-order chi connectivity index (χ1) is 14.0. The van der Waals surface area contributed by atoms with Crippen molar-refractivity contribution in [3.05, 3.63) is 78.0 Å². The Labute approximate surface area is 167 Å². The number of benzene rings is 1. The summed E-state index contributed by atoms with van der Waals surface area (Å²) in [5.41, 5.74) is 2.57. The van der Waals surface area contributed by atoms with Crippen molar-refractivity contribution in [1.82, 2.24) is 19.5 Å². The zero-order chi connectivity index (χ0) is 20.4. The standard InChI is InChI=1S/C21H19N5O3/c1-13-14(2)26(12-22-13)19-11-20(24-15(3)23-19)29-17-8-6-16(7-9-17)25-21(27)18-5-4-10-28-18/h4-12H,1-3H3,(H,25,27). The number of carbonyl (C=O) groups is 1. The highest BCUT2D eigenvalue weighted by molar-refractivity contribution is 6.02. The molecule has 0 fully saturated rings. The number of furan rings is 1. The second-order valence-electron chi connectivity index (χ2n) is 6.45. The van der Waals surface area contributed by atoms with Crippen LogP contribution in [0.15, 0.2) is 59.5 Å². The Hall–Kier alpha value is -3.94. The van der Waals surface area contributed by atoms with Crippen LogP contribution in [0.3, 0.4) is 0 Å². The number of amides is 1. The van der Waals surface area contributed by atoms with Gasteiger partial charge >= 0.3 is 0 Å². The fourth-order valence-corrected chi connectivity index (χ4v) is 2.76. The first kappa shape index (κ1) is 18.4. The van der Waals surface area contributed by atoms with Gasteiger partial charge in [-0.15, -0.1) is 0 Å². The summed E-state index contributed by atoms with van der Waals surface area (Å²) in [6, 6.07) is 12.0. The van der Waals surface area contributed by atoms with Gasteiger partial charge in [-0.3, -0.25) is 9.36 Å². The Morgan fingerprint density at radius 3 is 2.55 bits per heavy atom. The normalized spacial score (nSPS) is 10.7. The van der Waals surface area contributed by atoms with Crippen LogP contribution < -0.4 is 10.1 Å². The number of imidazole rings is 1. The van der Waals surface area contributed by atoms with Crippen molar-refractivity contribution < 1.29 is 13.9 Å². The van der Waals surface area contributed by atoms with Crippen LogP contribution in [0, 0.1) is 20.8 Å². The number of carbonyl (C=O) groups excluding carboxylic acids is 1. The number of ether oxygens (including phenoxy) is 1. The van der Waals surface area contributed by atoms with Crippen molar-refractivity contribution in [2.45, 2.75) is 20.8 Å². The van der Waals surface area contributed by atoms with Crippen molar-refractivity contribution in [2.75, 3.05) is 5.32 Å². The number of rotatable bonds is 5. The number of hydrogen-bond acceptors (Lipinski definition) is 6. The first-order valence-electron chi connectivity index (χ1n) is 8.99. The van der Waals surface area contributed by atoms with Crippen LogP contribution in [0.4, 0.5) is 5.69 Å². The Morgan fingerprint density at radius 2 is 1.90 bits per heavy atom. The fourth-order valence-electron chi connectivity index (χ4n) is 2.76. The topological polar surface area (TPSA) is 95.1 Å². The predicted octanol–water partition coefficient (Wildman–Crippen LogP) is 4.23. The van der Waals surface area contributed by atoms with Gasteiger partial charge in [-0.25, -0.2) is 9.97 Å². The minimum atomic E-state index is -0.314. The lowest BCUT2D eigenvalue weighted by Crippen LogP contribution is -2.10. The Kier molecular flexibility index (Phi) is 4.82. The molecule has 3 heterocycles. The molecule has 0 saturated carbocycles. The Bertz CT molecular complexity index is 1150. The lowest BCUT2D eigenvalue weighted by atomic mass is 10.3. The minimum absolute atomic E-state index is 0.249. The summed E-state index contributed by atoms with van der Waals surface area (Å²) in [7, 11) is 0. The van der Waals surface area contributed by atoms with Crippen LogP contribution in [0.2, 0.25) is 0 Å². The summed E-state index contributed by atoms with van der Waals surface area (Å²) in [4.78, 5) is 25.2. The van der Waals surface area contributed by atoms with Gasteiger partial charge in [0.2, 0.25) is 5.88 Å². The molecule has 0 aliphatic rings. The molecular weight excluding hydrogens is 370 g/mol. The Morgan fingerprint density at radius 1 is 1.10 bits per heavy atom. The lowest BCUT2D eigenvalue weighted by Gasteiger charge is -2.10. The van der Waals surface area contributed by atoms with Crippen molar-refractivity contribution in [1.29, 1.82) is 0 Å². The summed E-state index contributed by atoms with van der Waals surface area (Å²) in [5, 5.41) is 2.76. The van der Waals surface area contributed by atoms with Crippen molar-refractivity contribution in [3.8, 4) is 17.4 Å². The molecular formula is C21H19N5O3. The summed E-state index contributed by atoms with van der Waals surface area (Å²) >= 11 is 0. The molecule has 1 N–H and O–H groups in total. The molecule has 0 atom stereocenters. The first-order valence-corrected chi connectivity index (χ1v) is 8.99. The van der Waals surface area contributed by atoms with Gasteiger partial charge < -0.3 is 14.5 Å². The van der Waals surface area contributed by atoms with Gasteiger partial charge in [-0.1, -0.05) is 0 Å². The predicted molar refractivity (Wildman–Crippen MR) is 107 cm³/mol. The number of hydrogen-bond donors (Lipinski definition) is 1. The molecule has 8 nitrogen and oxygen atoms in total. The molecule has 4 rings (SSSR count). The summed E-state index contributed by atoms with van der Waals surface area (Å²) < 4.78 is 12.9. The zero-order valence-electron chi connectivity index (χ0n) is 16.2. The SMILES string of the molecule is Cc1nc(Oc2ccc(NC(=O)c3ccco3)cc2)cc(-n2cnc(C)c2C)n1. The highest BCUT2D eigenvalue weighted by Crippen LogP contribution is 2.24. The van der Waals surface area contributed by atoms with Crippen LogP contribution >= 0.6 is 0 Å². The molecule has 29 heavy (non-hydrogen) atoms.